The van der Waals surface area contributed by atoms with Gasteiger partial charge in [-0.3, -0.25) is 9.59 Å². The average molecular weight is 482 g/mol. The molecule has 1 aliphatic rings. The summed E-state index contributed by atoms with van der Waals surface area (Å²) < 4.78 is 0. The quantitative estimate of drug-likeness (QED) is 0.523. The molecular weight excluding hydrogens is 455 g/mol. The maximum Gasteiger partial charge on any atom is 0.242 e. The molecule has 1 N–H and O–H groups in total. The SMILES string of the molecule is CC(C(=O)NC1CCCCC1)N(Cc1c(Cl)cccc1Cl)C(=O)Cc1cccc(Cl)c1. The number of benzene rings is 2. The molecule has 2 amide bonds. The number of halogens is 3. The molecule has 0 saturated heterocycles. The van der Waals surface area contributed by atoms with Crippen molar-refractivity contribution in [3.8, 4) is 0 Å². The van der Waals surface area contributed by atoms with Crippen LogP contribution in [0.25, 0.3) is 0 Å². The van der Waals surface area contributed by atoms with Crippen molar-refractivity contribution in [2.24, 2.45) is 0 Å². The minimum absolute atomic E-state index is 0.129. The normalized spacial score (nSPS) is 15.4. The number of rotatable bonds is 7. The lowest BCUT2D eigenvalue weighted by atomic mass is 9.95. The Morgan fingerprint density at radius 3 is 2.32 bits per heavy atom. The fraction of sp³-hybridized carbons (Fsp3) is 0.417. The first kappa shape index (κ1) is 23.9. The van der Waals surface area contributed by atoms with E-state index in [1.165, 1.54) is 6.42 Å². The first-order valence-corrected chi connectivity index (χ1v) is 11.8. The lowest BCUT2D eigenvalue weighted by Gasteiger charge is -2.31. The van der Waals surface area contributed by atoms with Gasteiger partial charge >= 0.3 is 0 Å². The molecule has 166 valence electrons. The second kappa shape index (κ2) is 11.2. The molecule has 1 saturated carbocycles. The first-order valence-electron chi connectivity index (χ1n) is 10.6. The van der Waals surface area contributed by atoms with E-state index in [4.69, 9.17) is 34.8 Å². The van der Waals surface area contributed by atoms with Crippen molar-refractivity contribution in [1.29, 1.82) is 0 Å². The Hall–Kier alpha value is -1.75. The van der Waals surface area contributed by atoms with Crippen LogP contribution in [0.15, 0.2) is 42.5 Å². The van der Waals surface area contributed by atoms with Gasteiger partial charge in [0.2, 0.25) is 11.8 Å². The number of carbonyl (C=O) groups is 2. The van der Waals surface area contributed by atoms with Crippen molar-refractivity contribution in [2.75, 3.05) is 0 Å². The fourth-order valence-electron chi connectivity index (χ4n) is 3.93. The van der Waals surface area contributed by atoms with E-state index < -0.39 is 6.04 Å². The third-order valence-corrected chi connectivity index (χ3v) is 6.70. The lowest BCUT2D eigenvalue weighted by molar-refractivity contribution is -0.140. The zero-order chi connectivity index (χ0) is 22.4. The van der Waals surface area contributed by atoms with Crippen molar-refractivity contribution in [3.05, 3.63) is 68.7 Å². The summed E-state index contributed by atoms with van der Waals surface area (Å²) in [6.45, 7) is 1.90. The van der Waals surface area contributed by atoms with Gasteiger partial charge in [0.15, 0.2) is 0 Å². The molecule has 0 aromatic heterocycles. The Morgan fingerprint density at radius 2 is 1.68 bits per heavy atom. The highest BCUT2D eigenvalue weighted by Gasteiger charge is 2.29. The van der Waals surface area contributed by atoms with Crippen LogP contribution in [0.1, 0.15) is 50.2 Å². The molecule has 0 heterocycles. The van der Waals surface area contributed by atoms with Crippen molar-refractivity contribution >= 4 is 46.6 Å². The van der Waals surface area contributed by atoms with E-state index in [9.17, 15) is 9.59 Å². The summed E-state index contributed by atoms with van der Waals surface area (Å²) >= 11 is 18.8. The van der Waals surface area contributed by atoms with E-state index in [-0.39, 0.29) is 30.8 Å². The van der Waals surface area contributed by atoms with Crippen LogP contribution in [0.5, 0.6) is 0 Å². The van der Waals surface area contributed by atoms with Crippen LogP contribution in [0.3, 0.4) is 0 Å². The van der Waals surface area contributed by atoms with Crippen LogP contribution >= 0.6 is 34.8 Å². The smallest absolute Gasteiger partial charge is 0.242 e. The molecule has 2 aromatic carbocycles. The Balaban J connectivity index is 1.81. The monoisotopic (exact) mass is 480 g/mol. The topological polar surface area (TPSA) is 49.4 Å². The molecule has 1 fully saturated rings. The van der Waals surface area contributed by atoms with Gasteiger partial charge in [-0.1, -0.05) is 72.3 Å². The maximum atomic E-state index is 13.3. The highest BCUT2D eigenvalue weighted by atomic mass is 35.5. The van der Waals surface area contributed by atoms with E-state index in [1.54, 1.807) is 48.2 Å². The molecule has 2 aromatic rings. The van der Waals surface area contributed by atoms with Crippen LogP contribution in [-0.4, -0.2) is 28.8 Å². The van der Waals surface area contributed by atoms with Crippen LogP contribution < -0.4 is 5.32 Å². The molecular formula is C24H27Cl3N2O2. The predicted octanol–water partition coefficient (Wildman–Crippen LogP) is 6.06. The highest BCUT2D eigenvalue weighted by molar-refractivity contribution is 6.36. The minimum atomic E-state index is -0.666. The molecule has 0 radical (unpaired) electrons. The van der Waals surface area contributed by atoms with Crippen molar-refractivity contribution < 1.29 is 9.59 Å². The summed E-state index contributed by atoms with van der Waals surface area (Å²) in [7, 11) is 0. The zero-order valence-electron chi connectivity index (χ0n) is 17.5. The number of hydrogen-bond acceptors (Lipinski definition) is 2. The Morgan fingerprint density at radius 1 is 1.03 bits per heavy atom. The van der Waals surface area contributed by atoms with Gasteiger partial charge < -0.3 is 10.2 Å². The molecule has 0 spiro atoms. The molecule has 3 rings (SSSR count). The highest BCUT2D eigenvalue weighted by Crippen LogP contribution is 2.27. The number of amides is 2. The third-order valence-electron chi connectivity index (χ3n) is 5.75. The molecule has 1 atom stereocenters. The van der Waals surface area contributed by atoms with Gasteiger partial charge in [0, 0.05) is 33.2 Å². The zero-order valence-corrected chi connectivity index (χ0v) is 19.8. The van der Waals surface area contributed by atoms with Gasteiger partial charge in [0.1, 0.15) is 6.04 Å². The van der Waals surface area contributed by atoms with Crippen LogP contribution in [0.2, 0.25) is 15.1 Å². The molecule has 0 aliphatic heterocycles. The standard InChI is InChI=1S/C24H27Cl3N2O2/c1-16(24(31)28-19-9-3-2-4-10-19)29(15-20-21(26)11-6-12-22(20)27)23(30)14-17-7-5-8-18(25)13-17/h5-8,11-13,16,19H,2-4,9-10,14-15H2,1H3,(H,28,31). The lowest BCUT2D eigenvalue weighted by Crippen LogP contribution is -2.50. The van der Waals surface area contributed by atoms with E-state index in [0.29, 0.717) is 20.6 Å². The Bertz CT molecular complexity index is 909. The third kappa shape index (κ3) is 6.61. The number of nitrogens with one attached hydrogen (secondary N) is 1. The van der Waals surface area contributed by atoms with Crippen LogP contribution in [0.4, 0.5) is 0 Å². The molecule has 0 bridgehead atoms. The summed E-state index contributed by atoms with van der Waals surface area (Å²) in [5.74, 6) is -0.348. The summed E-state index contributed by atoms with van der Waals surface area (Å²) in [5.41, 5.74) is 1.41. The maximum absolute atomic E-state index is 13.3. The van der Waals surface area contributed by atoms with Crippen molar-refractivity contribution in [3.63, 3.8) is 0 Å². The molecule has 4 nitrogen and oxygen atoms in total. The average Bonchev–Trinajstić information content (AvgIpc) is 2.74. The minimum Gasteiger partial charge on any atom is -0.352 e. The van der Waals surface area contributed by atoms with E-state index in [1.807, 2.05) is 6.07 Å². The van der Waals surface area contributed by atoms with Gasteiger partial charge in [-0.2, -0.15) is 0 Å². The Labute approximate surface area is 198 Å². The van der Waals surface area contributed by atoms with Gasteiger partial charge in [0.25, 0.3) is 0 Å². The number of carbonyl (C=O) groups excluding carboxylic acids is 2. The summed E-state index contributed by atoms with van der Waals surface area (Å²) in [6.07, 6.45) is 5.52. The predicted molar refractivity (Wildman–Crippen MR) is 127 cm³/mol. The summed E-state index contributed by atoms with van der Waals surface area (Å²) in [4.78, 5) is 27.9. The summed E-state index contributed by atoms with van der Waals surface area (Å²) in [6, 6.07) is 11.9. The fourth-order valence-corrected chi connectivity index (χ4v) is 4.66. The van der Waals surface area contributed by atoms with Crippen molar-refractivity contribution in [2.45, 2.75) is 64.1 Å². The van der Waals surface area contributed by atoms with Crippen LogP contribution in [-0.2, 0) is 22.6 Å². The van der Waals surface area contributed by atoms with E-state index in [2.05, 4.69) is 5.32 Å². The van der Waals surface area contributed by atoms with Gasteiger partial charge in [-0.05, 0) is 49.6 Å². The summed E-state index contributed by atoms with van der Waals surface area (Å²) in [5, 5.41) is 4.62. The molecule has 1 aliphatic carbocycles. The first-order chi connectivity index (χ1) is 14.8. The Kier molecular flexibility index (Phi) is 8.65. The largest absolute Gasteiger partial charge is 0.352 e. The van der Waals surface area contributed by atoms with Crippen molar-refractivity contribution in [1.82, 2.24) is 10.2 Å². The molecule has 31 heavy (non-hydrogen) atoms. The van der Waals surface area contributed by atoms with Gasteiger partial charge in [-0.25, -0.2) is 0 Å². The van der Waals surface area contributed by atoms with E-state index >= 15 is 0 Å². The second-order valence-electron chi connectivity index (χ2n) is 8.05. The van der Waals surface area contributed by atoms with Crippen LogP contribution in [0, 0.1) is 0 Å². The van der Waals surface area contributed by atoms with E-state index in [0.717, 1.165) is 31.2 Å². The number of nitrogens with zero attached hydrogens (tertiary/aromatic N) is 1. The molecule has 7 heteroatoms. The number of hydrogen-bond donors (Lipinski definition) is 1. The molecule has 1 unspecified atom stereocenters. The van der Waals surface area contributed by atoms with Gasteiger partial charge in [-0.15, -0.1) is 0 Å². The second-order valence-corrected chi connectivity index (χ2v) is 9.30. The van der Waals surface area contributed by atoms with Gasteiger partial charge in [0.05, 0.1) is 6.42 Å².